The van der Waals surface area contributed by atoms with Gasteiger partial charge < -0.3 is 4.57 Å². The van der Waals surface area contributed by atoms with Gasteiger partial charge >= 0.3 is 0 Å². The standard InChI is InChI=1S/C10H8Cl2IN3O2S/c1-16-5-14-10(9(16)12)19(17,18)15-8-3-2-6(11)4-7(8)13/h2-5,15H,1H3. The number of nitrogens with zero attached hydrogens (tertiary/aromatic N) is 2. The van der Waals surface area contributed by atoms with Crippen molar-refractivity contribution in [3.63, 3.8) is 0 Å². The van der Waals surface area contributed by atoms with E-state index >= 15 is 0 Å². The van der Waals surface area contributed by atoms with Crippen LogP contribution in [-0.4, -0.2) is 18.0 Å². The maximum atomic E-state index is 12.2. The number of hydrogen-bond donors (Lipinski definition) is 1. The molecule has 0 atom stereocenters. The molecular formula is C10H8Cl2IN3O2S. The van der Waals surface area contributed by atoms with Gasteiger partial charge in [0.25, 0.3) is 10.0 Å². The Morgan fingerprint density at radius 2 is 2.05 bits per heavy atom. The third-order valence-corrected chi connectivity index (χ3v) is 5.25. The summed E-state index contributed by atoms with van der Waals surface area (Å²) in [5, 5.41) is 0.377. The van der Waals surface area contributed by atoms with Crippen LogP contribution in [-0.2, 0) is 17.1 Å². The highest BCUT2D eigenvalue weighted by Gasteiger charge is 2.23. The van der Waals surface area contributed by atoms with Gasteiger partial charge in [-0.1, -0.05) is 23.2 Å². The predicted octanol–water partition coefficient (Wildman–Crippen LogP) is 3.13. The number of hydrogen-bond acceptors (Lipinski definition) is 3. The molecule has 0 radical (unpaired) electrons. The molecule has 0 bridgehead atoms. The van der Waals surface area contributed by atoms with Gasteiger partial charge in [-0.3, -0.25) is 4.72 Å². The zero-order valence-electron chi connectivity index (χ0n) is 9.56. The Labute approximate surface area is 134 Å². The van der Waals surface area contributed by atoms with Gasteiger partial charge in [0.15, 0.2) is 0 Å². The Morgan fingerprint density at radius 1 is 1.37 bits per heavy atom. The smallest absolute Gasteiger partial charge is 0.282 e. The maximum absolute atomic E-state index is 12.2. The molecule has 0 amide bonds. The van der Waals surface area contributed by atoms with Crippen molar-refractivity contribution in [1.82, 2.24) is 9.55 Å². The second-order valence-corrected chi connectivity index (χ2v) is 7.24. The summed E-state index contributed by atoms with van der Waals surface area (Å²) in [6.45, 7) is 0. The fourth-order valence-corrected chi connectivity index (χ4v) is 4.04. The van der Waals surface area contributed by atoms with Crippen molar-refractivity contribution < 1.29 is 8.42 Å². The van der Waals surface area contributed by atoms with Crippen molar-refractivity contribution in [2.24, 2.45) is 7.05 Å². The molecule has 0 spiro atoms. The van der Waals surface area contributed by atoms with Crippen molar-refractivity contribution in [2.75, 3.05) is 4.72 Å². The SMILES string of the molecule is Cn1cnc(S(=O)(=O)Nc2ccc(Cl)cc2I)c1Cl. The molecule has 0 aliphatic heterocycles. The monoisotopic (exact) mass is 431 g/mol. The van der Waals surface area contributed by atoms with E-state index in [1.165, 1.54) is 10.9 Å². The van der Waals surface area contributed by atoms with Gasteiger partial charge in [-0.2, -0.15) is 8.42 Å². The lowest BCUT2D eigenvalue weighted by atomic mass is 10.3. The molecule has 0 fully saturated rings. The Morgan fingerprint density at radius 3 is 2.58 bits per heavy atom. The lowest BCUT2D eigenvalue weighted by molar-refractivity contribution is 0.598. The van der Waals surface area contributed by atoms with Crippen molar-refractivity contribution >= 4 is 61.5 Å². The summed E-state index contributed by atoms with van der Waals surface area (Å²) in [6, 6.07) is 4.83. The average Bonchev–Trinajstić information content (AvgIpc) is 2.64. The summed E-state index contributed by atoms with van der Waals surface area (Å²) >= 11 is 13.7. The summed E-state index contributed by atoms with van der Waals surface area (Å²) in [7, 11) is -2.21. The summed E-state index contributed by atoms with van der Waals surface area (Å²) < 4.78 is 28.9. The van der Waals surface area contributed by atoms with E-state index in [1.54, 1.807) is 25.2 Å². The van der Waals surface area contributed by atoms with Gasteiger partial charge in [0.05, 0.1) is 12.0 Å². The van der Waals surface area contributed by atoms with Crippen LogP contribution in [0.5, 0.6) is 0 Å². The second-order valence-electron chi connectivity index (χ2n) is 3.68. The molecule has 2 aromatic rings. The largest absolute Gasteiger partial charge is 0.324 e. The highest BCUT2D eigenvalue weighted by atomic mass is 127. The molecule has 102 valence electrons. The first-order valence-corrected chi connectivity index (χ1v) is 8.28. The van der Waals surface area contributed by atoms with Crippen LogP contribution in [0.4, 0.5) is 5.69 Å². The molecule has 0 saturated carbocycles. The van der Waals surface area contributed by atoms with Crippen LogP contribution >= 0.6 is 45.8 Å². The van der Waals surface area contributed by atoms with E-state index in [1.807, 2.05) is 22.6 Å². The average molecular weight is 432 g/mol. The first-order valence-electron chi connectivity index (χ1n) is 4.96. The third-order valence-electron chi connectivity index (χ3n) is 2.26. The fraction of sp³-hybridized carbons (Fsp3) is 0.100. The molecule has 1 aromatic heterocycles. The maximum Gasteiger partial charge on any atom is 0.282 e. The molecular weight excluding hydrogens is 424 g/mol. The predicted molar refractivity (Wildman–Crippen MR) is 83.2 cm³/mol. The number of sulfonamides is 1. The zero-order valence-corrected chi connectivity index (χ0v) is 14.0. The van der Waals surface area contributed by atoms with E-state index in [2.05, 4.69) is 9.71 Å². The number of aromatic nitrogens is 2. The molecule has 0 aliphatic rings. The summed E-state index contributed by atoms with van der Waals surface area (Å²) in [6.07, 6.45) is 1.34. The quantitative estimate of drug-likeness (QED) is 0.759. The number of imidazole rings is 1. The first kappa shape index (κ1) is 14.9. The Balaban J connectivity index is 2.39. The van der Waals surface area contributed by atoms with E-state index < -0.39 is 10.0 Å². The summed E-state index contributed by atoms with van der Waals surface area (Å²) in [5.74, 6) is 0. The summed E-state index contributed by atoms with van der Waals surface area (Å²) in [5.41, 5.74) is 0.423. The molecule has 1 N–H and O–H groups in total. The van der Waals surface area contributed by atoms with Gasteiger partial charge in [0.1, 0.15) is 5.15 Å². The molecule has 2 rings (SSSR count). The van der Waals surface area contributed by atoms with Crippen molar-refractivity contribution in [2.45, 2.75) is 5.03 Å². The van der Waals surface area contributed by atoms with Crippen molar-refractivity contribution in [3.8, 4) is 0 Å². The first-order chi connectivity index (χ1) is 8.81. The van der Waals surface area contributed by atoms with Crippen LogP contribution in [0.2, 0.25) is 10.2 Å². The molecule has 0 unspecified atom stereocenters. The zero-order chi connectivity index (χ0) is 14.2. The lowest BCUT2D eigenvalue weighted by Crippen LogP contribution is -2.14. The highest BCUT2D eigenvalue weighted by molar-refractivity contribution is 14.1. The lowest BCUT2D eigenvalue weighted by Gasteiger charge is -2.08. The Kier molecular flexibility index (Phi) is 4.29. The fourth-order valence-electron chi connectivity index (χ4n) is 1.34. The van der Waals surface area contributed by atoms with Crippen LogP contribution in [0.15, 0.2) is 29.6 Å². The van der Waals surface area contributed by atoms with Crippen LogP contribution < -0.4 is 4.72 Å². The minimum absolute atomic E-state index is 0.0523. The number of aryl methyl sites for hydroxylation is 1. The molecule has 19 heavy (non-hydrogen) atoms. The van der Waals surface area contributed by atoms with Crippen LogP contribution in [0.3, 0.4) is 0 Å². The van der Waals surface area contributed by atoms with E-state index in [-0.39, 0.29) is 10.2 Å². The highest BCUT2D eigenvalue weighted by Crippen LogP contribution is 2.26. The van der Waals surface area contributed by atoms with Crippen LogP contribution in [0, 0.1) is 3.57 Å². The molecule has 9 heteroatoms. The van der Waals surface area contributed by atoms with Crippen molar-refractivity contribution in [3.05, 3.63) is 38.3 Å². The Bertz CT molecular complexity index is 730. The van der Waals surface area contributed by atoms with Crippen molar-refractivity contribution in [1.29, 1.82) is 0 Å². The molecule has 5 nitrogen and oxygen atoms in total. The normalized spacial score (nSPS) is 11.6. The van der Waals surface area contributed by atoms with Gasteiger partial charge in [-0.05, 0) is 40.8 Å². The van der Waals surface area contributed by atoms with Gasteiger partial charge in [-0.25, -0.2) is 4.98 Å². The number of benzene rings is 1. The Hall–Kier alpha value is -0.510. The molecule has 0 aliphatic carbocycles. The van der Waals surface area contributed by atoms with E-state index in [9.17, 15) is 8.42 Å². The number of halogens is 3. The molecule has 1 aromatic carbocycles. The number of anilines is 1. The minimum Gasteiger partial charge on any atom is -0.324 e. The number of nitrogens with one attached hydrogen (secondary N) is 1. The summed E-state index contributed by atoms with van der Waals surface area (Å²) in [4.78, 5) is 3.78. The third kappa shape index (κ3) is 3.15. The van der Waals surface area contributed by atoms with E-state index in [0.717, 1.165) is 0 Å². The van der Waals surface area contributed by atoms with Crippen LogP contribution in [0.25, 0.3) is 0 Å². The van der Waals surface area contributed by atoms with Gasteiger partial charge in [0, 0.05) is 15.6 Å². The molecule has 1 heterocycles. The minimum atomic E-state index is -3.82. The second kappa shape index (κ2) is 5.47. The van der Waals surface area contributed by atoms with Crippen LogP contribution in [0.1, 0.15) is 0 Å². The van der Waals surface area contributed by atoms with Gasteiger partial charge in [0.2, 0.25) is 5.03 Å². The van der Waals surface area contributed by atoms with E-state index in [4.69, 9.17) is 23.2 Å². The molecule has 0 saturated heterocycles. The number of rotatable bonds is 3. The topological polar surface area (TPSA) is 64.0 Å². The van der Waals surface area contributed by atoms with E-state index in [0.29, 0.717) is 14.3 Å². The van der Waals surface area contributed by atoms with Gasteiger partial charge in [-0.15, -0.1) is 0 Å².